The number of carbonyl (C=O) groups is 2. The van der Waals surface area contributed by atoms with Gasteiger partial charge in [-0.15, -0.1) is 0 Å². The summed E-state index contributed by atoms with van der Waals surface area (Å²) < 4.78 is 5.22. The zero-order valence-corrected chi connectivity index (χ0v) is 16.6. The number of benzene rings is 2. The molecule has 1 amide bonds. The standard InChI is InChI=1S/C22H25N3O3/c1-5-25(6-2)15-7-9-19(14(3)11-15)24-22(27)21(26)18-13-23-20-10-8-16(28-4)12-17(18)20/h7-13,23H,5-6H2,1-4H3,(H,24,27). The average molecular weight is 379 g/mol. The Morgan fingerprint density at radius 3 is 2.50 bits per heavy atom. The van der Waals surface area contributed by atoms with E-state index in [4.69, 9.17) is 4.74 Å². The molecule has 0 saturated heterocycles. The molecule has 146 valence electrons. The molecular formula is C22H25N3O3. The van der Waals surface area contributed by atoms with Crippen molar-refractivity contribution < 1.29 is 14.3 Å². The first-order valence-electron chi connectivity index (χ1n) is 9.34. The predicted molar refractivity (Wildman–Crippen MR) is 113 cm³/mol. The van der Waals surface area contributed by atoms with Crippen LogP contribution < -0.4 is 15.0 Å². The number of fused-ring (bicyclic) bond motifs is 1. The van der Waals surface area contributed by atoms with Crippen LogP contribution in [0.3, 0.4) is 0 Å². The number of aromatic nitrogens is 1. The number of ether oxygens (including phenoxy) is 1. The van der Waals surface area contributed by atoms with Gasteiger partial charge in [0.05, 0.1) is 12.7 Å². The van der Waals surface area contributed by atoms with Gasteiger partial charge >= 0.3 is 0 Å². The smallest absolute Gasteiger partial charge is 0.296 e. The molecule has 3 rings (SSSR count). The van der Waals surface area contributed by atoms with Crippen LogP contribution >= 0.6 is 0 Å². The van der Waals surface area contributed by atoms with Crippen LogP contribution in [0.1, 0.15) is 29.8 Å². The molecule has 6 heteroatoms. The fourth-order valence-corrected chi connectivity index (χ4v) is 3.29. The van der Waals surface area contributed by atoms with E-state index in [0.717, 1.165) is 29.9 Å². The summed E-state index contributed by atoms with van der Waals surface area (Å²) in [6.45, 7) is 7.94. The van der Waals surface area contributed by atoms with E-state index in [-0.39, 0.29) is 0 Å². The van der Waals surface area contributed by atoms with Crippen molar-refractivity contribution in [2.45, 2.75) is 20.8 Å². The molecule has 6 nitrogen and oxygen atoms in total. The number of rotatable bonds is 7. The van der Waals surface area contributed by atoms with Crippen LogP contribution in [0.25, 0.3) is 10.9 Å². The summed E-state index contributed by atoms with van der Waals surface area (Å²) >= 11 is 0. The molecule has 0 aliphatic heterocycles. The lowest BCUT2D eigenvalue weighted by Gasteiger charge is -2.22. The molecule has 28 heavy (non-hydrogen) atoms. The maximum Gasteiger partial charge on any atom is 0.296 e. The van der Waals surface area contributed by atoms with Crippen molar-refractivity contribution in [2.75, 3.05) is 30.4 Å². The molecule has 3 aromatic rings. The largest absolute Gasteiger partial charge is 0.497 e. The van der Waals surface area contributed by atoms with Gasteiger partial charge in [-0.1, -0.05) is 0 Å². The molecular weight excluding hydrogens is 354 g/mol. The van der Waals surface area contributed by atoms with Gasteiger partial charge in [0.25, 0.3) is 11.7 Å². The number of carbonyl (C=O) groups excluding carboxylic acids is 2. The second kappa shape index (κ2) is 8.17. The second-order valence-corrected chi connectivity index (χ2v) is 6.57. The molecule has 0 aliphatic rings. The SMILES string of the molecule is CCN(CC)c1ccc(NC(=O)C(=O)c2c[nH]c3ccc(OC)cc23)c(C)c1. The molecule has 0 atom stereocenters. The summed E-state index contributed by atoms with van der Waals surface area (Å²) in [7, 11) is 1.56. The first-order valence-corrected chi connectivity index (χ1v) is 9.34. The number of Topliss-reactive ketones (excluding diaryl/α,β-unsaturated/α-hetero) is 1. The predicted octanol–water partition coefficient (Wildman–Crippen LogP) is 4.15. The highest BCUT2D eigenvalue weighted by Crippen LogP contribution is 2.25. The summed E-state index contributed by atoms with van der Waals surface area (Å²) in [5.41, 5.74) is 3.73. The second-order valence-electron chi connectivity index (χ2n) is 6.57. The van der Waals surface area contributed by atoms with E-state index in [1.165, 1.54) is 0 Å². The number of H-pyrrole nitrogens is 1. The van der Waals surface area contributed by atoms with Crippen molar-refractivity contribution in [3.63, 3.8) is 0 Å². The number of ketones is 1. The van der Waals surface area contributed by atoms with E-state index in [9.17, 15) is 9.59 Å². The molecule has 0 bridgehead atoms. The number of hydrogen-bond donors (Lipinski definition) is 2. The van der Waals surface area contributed by atoms with Crippen LogP contribution in [0.4, 0.5) is 11.4 Å². The third-order valence-corrected chi connectivity index (χ3v) is 4.93. The number of aryl methyl sites for hydroxylation is 1. The Morgan fingerprint density at radius 1 is 1.11 bits per heavy atom. The van der Waals surface area contributed by atoms with Crippen LogP contribution in [-0.2, 0) is 4.79 Å². The highest BCUT2D eigenvalue weighted by molar-refractivity contribution is 6.48. The van der Waals surface area contributed by atoms with Crippen LogP contribution in [0, 0.1) is 6.92 Å². The normalized spacial score (nSPS) is 10.7. The van der Waals surface area contributed by atoms with Gasteiger partial charge in [0.15, 0.2) is 0 Å². The monoisotopic (exact) mass is 379 g/mol. The first kappa shape index (κ1) is 19.5. The Bertz CT molecular complexity index is 1020. The minimum Gasteiger partial charge on any atom is -0.497 e. The summed E-state index contributed by atoms with van der Waals surface area (Å²) in [6, 6.07) is 11.2. The minimum absolute atomic E-state index is 0.323. The first-order chi connectivity index (χ1) is 13.5. The van der Waals surface area contributed by atoms with Crippen LogP contribution in [0.15, 0.2) is 42.6 Å². The molecule has 2 aromatic carbocycles. The summed E-state index contributed by atoms with van der Waals surface area (Å²) in [5, 5.41) is 3.40. The quantitative estimate of drug-likeness (QED) is 0.478. The van der Waals surface area contributed by atoms with Crippen molar-refractivity contribution in [1.82, 2.24) is 4.98 Å². The van der Waals surface area contributed by atoms with Crippen LogP contribution in [-0.4, -0.2) is 36.9 Å². The van der Waals surface area contributed by atoms with Gasteiger partial charge in [-0.25, -0.2) is 0 Å². The Morgan fingerprint density at radius 2 is 1.86 bits per heavy atom. The van der Waals surface area contributed by atoms with Crippen molar-refractivity contribution >= 4 is 34.0 Å². The van der Waals surface area contributed by atoms with Crippen molar-refractivity contribution in [2.24, 2.45) is 0 Å². The third-order valence-electron chi connectivity index (χ3n) is 4.93. The summed E-state index contributed by atoms with van der Waals surface area (Å²) in [6.07, 6.45) is 1.56. The van der Waals surface area contributed by atoms with Crippen LogP contribution in [0.2, 0.25) is 0 Å². The Balaban J connectivity index is 1.82. The molecule has 0 spiro atoms. The van der Waals surface area contributed by atoms with E-state index in [0.29, 0.717) is 22.4 Å². The van der Waals surface area contributed by atoms with E-state index in [1.807, 2.05) is 31.2 Å². The van der Waals surface area contributed by atoms with E-state index >= 15 is 0 Å². The number of hydrogen-bond acceptors (Lipinski definition) is 4. The average Bonchev–Trinajstić information content (AvgIpc) is 3.13. The number of methoxy groups -OCH3 is 1. The molecule has 0 radical (unpaired) electrons. The van der Waals surface area contributed by atoms with E-state index in [1.54, 1.807) is 25.4 Å². The fraction of sp³-hybridized carbons (Fsp3) is 0.273. The van der Waals surface area contributed by atoms with Crippen LogP contribution in [0.5, 0.6) is 5.75 Å². The zero-order chi connectivity index (χ0) is 20.3. The van der Waals surface area contributed by atoms with Gasteiger partial charge in [0.2, 0.25) is 0 Å². The number of nitrogens with one attached hydrogen (secondary N) is 2. The molecule has 1 heterocycles. The van der Waals surface area contributed by atoms with Gasteiger partial charge in [-0.2, -0.15) is 0 Å². The van der Waals surface area contributed by atoms with Crippen molar-refractivity contribution in [3.05, 3.63) is 53.7 Å². The molecule has 0 saturated carbocycles. The Labute approximate surface area is 164 Å². The van der Waals surface area contributed by atoms with Gasteiger partial charge in [0.1, 0.15) is 5.75 Å². The maximum atomic E-state index is 12.7. The topological polar surface area (TPSA) is 74.4 Å². The zero-order valence-electron chi connectivity index (χ0n) is 16.6. The number of amides is 1. The number of aromatic amines is 1. The Kier molecular flexibility index (Phi) is 5.68. The van der Waals surface area contributed by atoms with E-state index in [2.05, 4.69) is 29.0 Å². The van der Waals surface area contributed by atoms with Crippen molar-refractivity contribution in [1.29, 1.82) is 0 Å². The van der Waals surface area contributed by atoms with Gasteiger partial charge in [0, 0.05) is 41.6 Å². The molecule has 0 fully saturated rings. The summed E-state index contributed by atoms with van der Waals surface area (Å²) in [4.78, 5) is 30.5. The maximum absolute atomic E-state index is 12.7. The van der Waals surface area contributed by atoms with Gasteiger partial charge < -0.3 is 19.9 Å². The number of nitrogens with zero attached hydrogens (tertiary/aromatic N) is 1. The third kappa shape index (κ3) is 3.71. The van der Waals surface area contributed by atoms with Crippen molar-refractivity contribution in [3.8, 4) is 5.75 Å². The lowest BCUT2D eigenvalue weighted by molar-refractivity contribution is -0.112. The number of anilines is 2. The lowest BCUT2D eigenvalue weighted by atomic mass is 10.1. The highest BCUT2D eigenvalue weighted by Gasteiger charge is 2.21. The van der Waals surface area contributed by atoms with Gasteiger partial charge in [-0.05, 0) is 62.7 Å². The summed E-state index contributed by atoms with van der Waals surface area (Å²) in [5.74, 6) is -0.626. The fourth-order valence-electron chi connectivity index (χ4n) is 3.29. The molecule has 1 aromatic heterocycles. The van der Waals surface area contributed by atoms with E-state index < -0.39 is 11.7 Å². The molecule has 0 unspecified atom stereocenters. The van der Waals surface area contributed by atoms with Gasteiger partial charge in [-0.3, -0.25) is 9.59 Å². The highest BCUT2D eigenvalue weighted by atomic mass is 16.5. The lowest BCUT2D eigenvalue weighted by Crippen LogP contribution is -2.24. The molecule has 2 N–H and O–H groups in total. The molecule has 0 aliphatic carbocycles. The Hall–Kier alpha value is -3.28. The minimum atomic E-state index is -0.664.